The maximum absolute atomic E-state index is 12.0. The first-order valence-corrected chi connectivity index (χ1v) is 6.42. The second-order valence-electron chi connectivity index (χ2n) is 4.50. The molecule has 2 aromatic rings. The van der Waals surface area contributed by atoms with Gasteiger partial charge in [-0.15, -0.1) is 0 Å². The monoisotopic (exact) mass is 275 g/mol. The Kier molecular flexibility index (Phi) is 4.29. The van der Waals surface area contributed by atoms with Gasteiger partial charge in [0.25, 0.3) is 5.91 Å². The van der Waals surface area contributed by atoms with E-state index in [2.05, 4.69) is 25.8 Å². The zero-order chi connectivity index (χ0) is 14.5. The highest BCUT2D eigenvalue weighted by Crippen LogP contribution is 2.12. The summed E-state index contributed by atoms with van der Waals surface area (Å²) in [6, 6.07) is 3.39. The van der Waals surface area contributed by atoms with E-state index in [1.54, 1.807) is 19.1 Å². The van der Waals surface area contributed by atoms with Crippen LogP contribution in [0, 0.1) is 6.92 Å². The summed E-state index contributed by atoms with van der Waals surface area (Å²) in [4.78, 5) is 20.1. The van der Waals surface area contributed by atoms with E-state index in [9.17, 15) is 4.79 Å². The molecule has 0 aliphatic carbocycles. The highest BCUT2D eigenvalue weighted by molar-refractivity contribution is 5.92. The molecular formula is C13H17N5O2. The third-order valence-corrected chi connectivity index (χ3v) is 2.75. The van der Waals surface area contributed by atoms with E-state index in [-0.39, 0.29) is 11.9 Å². The molecule has 0 radical (unpaired) electrons. The van der Waals surface area contributed by atoms with Crippen molar-refractivity contribution in [2.24, 2.45) is 0 Å². The van der Waals surface area contributed by atoms with Gasteiger partial charge in [0.15, 0.2) is 5.82 Å². The lowest BCUT2D eigenvalue weighted by Crippen LogP contribution is -2.32. The molecule has 0 fully saturated rings. The molecular weight excluding hydrogens is 258 g/mol. The van der Waals surface area contributed by atoms with Crippen LogP contribution in [0.5, 0.6) is 0 Å². The normalized spacial score (nSPS) is 11.9. The van der Waals surface area contributed by atoms with Gasteiger partial charge in [0.05, 0.1) is 0 Å². The lowest BCUT2D eigenvalue weighted by molar-refractivity contribution is 0.0934. The third-order valence-electron chi connectivity index (χ3n) is 2.75. The molecule has 2 heterocycles. The number of amides is 1. The summed E-state index contributed by atoms with van der Waals surface area (Å²) < 4.78 is 4.93. The van der Waals surface area contributed by atoms with E-state index in [1.165, 1.54) is 6.20 Å². The van der Waals surface area contributed by atoms with Crippen LogP contribution in [0.3, 0.4) is 0 Å². The molecule has 2 aromatic heterocycles. The minimum absolute atomic E-state index is 0.104. The summed E-state index contributed by atoms with van der Waals surface area (Å²) in [6.45, 7) is 5.73. The van der Waals surface area contributed by atoms with Crippen molar-refractivity contribution in [2.75, 3.05) is 5.32 Å². The topological polar surface area (TPSA) is 92.9 Å². The number of nitrogens with zero attached hydrogens (tertiary/aromatic N) is 3. The number of hydrogen-bond acceptors (Lipinski definition) is 6. The molecule has 1 atom stereocenters. The van der Waals surface area contributed by atoms with Gasteiger partial charge in [-0.25, -0.2) is 9.97 Å². The Hall–Kier alpha value is -2.44. The van der Waals surface area contributed by atoms with Gasteiger partial charge in [-0.1, -0.05) is 12.1 Å². The first kappa shape index (κ1) is 14.0. The van der Waals surface area contributed by atoms with Gasteiger partial charge in [-0.05, 0) is 26.3 Å². The number of carbonyl (C=O) groups is 1. The van der Waals surface area contributed by atoms with Crippen molar-refractivity contribution in [3.63, 3.8) is 0 Å². The van der Waals surface area contributed by atoms with Gasteiger partial charge >= 0.3 is 0 Å². The van der Waals surface area contributed by atoms with Crippen molar-refractivity contribution < 1.29 is 9.32 Å². The van der Waals surface area contributed by atoms with E-state index in [1.807, 2.05) is 13.8 Å². The maximum Gasteiger partial charge on any atom is 0.270 e. The van der Waals surface area contributed by atoms with Crippen molar-refractivity contribution in [1.82, 2.24) is 20.4 Å². The molecule has 0 aromatic carbocycles. The smallest absolute Gasteiger partial charge is 0.270 e. The van der Waals surface area contributed by atoms with Crippen molar-refractivity contribution in [3.05, 3.63) is 29.8 Å². The molecule has 20 heavy (non-hydrogen) atoms. The largest absolute Gasteiger partial charge is 0.360 e. The number of carbonyl (C=O) groups excluding carboxylic acids is 1. The Bertz CT molecular complexity index is 596. The Morgan fingerprint density at radius 2 is 2.30 bits per heavy atom. The van der Waals surface area contributed by atoms with Crippen LogP contribution in [0.4, 0.5) is 11.8 Å². The van der Waals surface area contributed by atoms with Gasteiger partial charge in [-0.3, -0.25) is 4.79 Å². The molecule has 0 bridgehead atoms. The predicted molar refractivity (Wildman–Crippen MR) is 73.8 cm³/mol. The van der Waals surface area contributed by atoms with Gasteiger partial charge in [0.1, 0.15) is 11.5 Å². The average molecular weight is 275 g/mol. The number of aromatic nitrogens is 3. The fraction of sp³-hybridized carbons (Fsp3) is 0.385. The second-order valence-corrected chi connectivity index (χ2v) is 4.50. The number of aryl methyl sites for hydroxylation is 1. The van der Waals surface area contributed by atoms with Gasteiger partial charge in [0, 0.05) is 18.3 Å². The Morgan fingerprint density at radius 1 is 1.50 bits per heavy atom. The molecule has 2 rings (SSSR count). The number of nitrogens with one attached hydrogen (secondary N) is 2. The lowest BCUT2D eigenvalue weighted by atomic mass is 10.2. The Morgan fingerprint density at radius 3 is 2.95 bits per heavy atom. The Labute approximate surface area is 116 Å². The van der Waals surface area contributed by atoms with Crippen LogP contribution in [0.15, 0.2) is 22.9 Å². The lowest BCUT2D eigenvalue weighted by Gasteiger charge is -2.11. The molecule has 0 spiro atoms. The average Bonchev–Trinajstić information content (AvgIpc) is 2.84. The minimum atomic E-state index is -0.221. The first-order valence-electron chi connectivity index (χ1n) is 6.42. The van der Waals surface area contributed by atoms with Crippen LogP contribution in [0.2, 0.25) is 0 Å². The molecule has 0 saturated carbocycles. The summed E-state index contributed by atoms with van der Waals surface area (Å²) in [5, 5.41) is 9.51. The molecule has 0 saturated heterocycles. The zero-order valence-electron chi connectivity index (χ0n) is 11.7. The van der Waals surface area contributed by atoms with E-state index < -0.39 is 0 Å². The van der Waals surface area contributed by atoms with E-state index >= 15 is 0 Å². The van der Waals surface area contributed by atoms with Crippen LogP contribution < -0.4 is 10.6 Å². The zero-order valence-corrected chi connectivity index (χ0v) is 11.7. The summed E-state index contributed by atoms with van der Waals surface area (Å²) in [5.74, 6) is 1.26. The summed E-state index contributed by atoms with van der Waals surface area (Å²) in [5.41, 5.74) is 0.308. The number of anilines is 2. The van der Waals surface area contributed by atoms with Crippen LogP contribution in [0.1, 0.15) is 36.5 Å². The van der Waals surface area contributed by atoms with Crippen molar-refractivity contribution in [3.8, 4) is 0 Å². The standard InChI is InChI=1S/C13H17N5O2/c1-4-8(2)15-12(19)10-5-6-14-13(16-10)17-11-7-9(3)20-18-11/h5-8H,4H2,1-3H3,(H,15,19)(H,14,16,17,18). The fourth-order valence-corrected chi connectivity index (χ4v) is 1.49. The molecule has 7 nitrogen and oxygen atoms in total. The summed E-state index contributed by atoms with van der Waals surface area (Å²) in [7, 11) is 0. The van der Waals surface area contributed by atoms with Crippen LogP contribution in [-0.4, -0.2) is 27.1 Å². The van der Waals surface area contributed by atoms with Gasteiger partial charge in [-0.2, -0.15) is 0 Å². The summed E-state index contributed by atoms with van der Waals surface area (Å²) >= 11 is 0. The van der Waals surface area contributed by atoms with Crippen LogP contribution >= 0.6 is 0 Å². The van der Waals surface area contributed by atoms with Gasteiger partial charge in [0.2, 0.25) is 5.95 Å². The third kappa shape index (κ3) is 3.53. The van der Waals surface area contributed by atoms with Gasteiger partial charge < -0.3 is 15.2 Å². The summed E-state index contributed by atoms with van der Waals surface area (Å²) in [6.07, 6.45) is 2.38. The molecule has 7 heteroatoms. The van der Waals surface area contributed by atoms with Crippen molar-refractivity contribution >= 4 is 17.7 Å². The SMILES string of the molecule is CCC(C)NC(=O)c1ccnc(Nc2cc(C)on2)n1. The number of rotatable bonds is 5. The molecule has 2 N–H and O–H groups in total. The Balaban J connectivity index is 2.09. The minimum Gasteiger partial charge on any atom is -0.360 e. The highest BCUT2D eigenvalue weighted by atomic mass is 16.5. The maximum atomic E-state index is 12.0. The number of hydrogen-bond donors (Lipinski definition) is 2. The molecule has 106 valence electrons. The molecule has 0 aliphatic rings. The quantitative estimate of drug-likeness (QED) is 0.867. The van der Waals surface area contributed by atoms with Crippen LogP contribution in [0.25, 0.3) is 0 Å². The van der Waals surface area contributed by atoms with E-state index in [0.717, 1.165) is 6.42 Å². The molecule has 1 amide bonds. The molecule has 0 aliphatic heterocycles. The molecule has 1 unspecified atom stereocenters. The predicted octanol–water partition coefficient (Wildman–Crippen LogP) is 2.04. The van der Waals surface area contributed by atoms with E-state index in [0.29, 0.717) is 23.2 Å². The fourth-order valence-electron chi connectivity index (χ4n) is 1.49. The van der Waals surface area contributed by atoms with Crippen molar-refractivity contribution in [1.29, 1.82) is 0 Å². The van der Waals surface area contributed by atoms with Crippen molar-refractivity contribution in [2.45, 2.75) is 33.2 Å². The first-order chi connectivity index (χ1) is 9.58. The second kappa shape index (κ2) is 6.14. The highest BCUT2D eigenvalue weighted by Gasteiger charge is 2.11. The van der Waals surface area contributed by atoms with E-state index in [4.69, 9.17) is 4.52 Å². The van der Waals surface area contributed by atoms with Crippen LogP contribution in [-0.2, 0) is 0 Å².